The molecule has 0 aromatic heterocycles. The zero-order valence-electron chi connectivity index (χ0n) is 23.9. The highest BCUT2D eigenvalue weighted by Crippen LogP contribution is 2.54. The molecule has 14 heteroatoms. The summed E-state index contributed by atoms with van der Waals surface area (Å²) in [6.45, 7) is 3.02. The molecule has 1 aromatic carbocycles. The standard InChI is InChI=1S/C29H34F3N3O8/c1-4-5-35-6-7-43-11-16(35)13-10-17(36)19-14(21(13)29(30,31)32)8-12-9-15-22(34(2)3)24(38)20(27(33)41)26(40)28(15,42)25(39)18(12)23(19)37/h10,12,15-16,22,36,38-39,42H,4-9,11H2,1-3H3,(H2,33,41)/t12-,15-,16?,22-,28-/m0/s1. The molecule has 0 radical (unpaired) electrons. The summed E-state index contributed by atoms with van der Waals surface area (Å²) in [5.74, 6) is -9.09. The molecule has 1 amide bonds. The number of nitrogens with two attached hydrogens (primary N) is 1. The number of benzene rings is 1. The quantitative estimate of drug-likeness (QED) is 0.311. The van der Waals surface area contributed by atoms with Gasteiger partial charge >= 0.3 is 6.18 Å². The second kappa shape index (κ2) is 10.6. The Morgan fingerprint density at radius 1 is 1.23 bits per heavy atom. The zero-order valence-corrected chi connectivity index (χ0v) is 23.9. The van der Waals surface area contributed by atoms with E-state index in [0.717, 1.165) is 6.07 Å². The van der Waals surface area contributed by atoms with Crippen LogP contribution in [0, 0.1) is 11.8 Å². The van der Waals surface area contributed by atoms with E-state index in [2.05, 4.69) is 0 Å². The average molecular weight is 610 g/mol. The SMILES string of the molecule is CCCN1CCOCC1c1cc(O)c2c(c1C(F)(F)F)C[C@H]1C[C@H]3[C@H](N(C)C)C(O)=C(C(N)=O)C(=O)[C@@]3(O)C(O)=C1C2=O. The Hall–Kier alpha value is -3.46. The number of fused-ring (bicyclic) bond motifs is 3. The fourth-order valence-corrected chi connectivity index (χ4v) is 7.43. The predicted molar refractivity (Wildman–Crippen MR) is 144 cm³/mol. The van der Waals surface area contributed by atoms with Gasteiger partial charge in [-0.15, -0.1) is 0 Å². The van der Waals surface area contributed by atoms with Crippen LogP contribution in [0.2, 0.25) is 0 Å². The topological polar surface area (TPSA) is 174 Å². The van der Waals surface area contributed by atoms with E-state index < -0.39 is 105 Å². The molecule has 43 heavy (non-hydrogen) atoms. The average Bonchev–Trinajstić information content (AvgIpc) is 2.89. The summed E-state index contributed by atoms with van der Waals surface area (Å²) in [7, 11) is 2.93. The number of rotatable bonds is 5. The number of carbonyl (C=O) groups is 3. The normalized spacial score (nSPS) is 30.0. The van der Waals surface area contributed by atoms with E-state index in [9.17, 15) is 48.0 Å². The van der Waals surface area contributed by atoms with E-state index >= 15 is 0 Å². The van der Waals surface area contributed by atoms with Crippen LogP contribution >= 0.6 is 0 Å². The predicted octanol–water partition coefficient (Wildman–Crippen LogP) is 1.92. The monoisotopic (exact) mass is 609 g/mol. The lowest BCUT2D eigenvalue weighted by atomic mass is 9.58. The molecule has 1 saturated heterocycles. The highest BCUT2D eigenvalue weighted by atomic mass is 19.4. The molecule has 0 bridgehead atoms. The molecular formula is C29H34F3N3O8. The molecule has 1 aromatic rings. The number of ketones is 2. The largest absolute Gasteiger partial charge is 0.510 e. The molecule has 6 N–H and O–H groups in total. The van der Waals surface area contributed by atoms with Gasteiger partial charge in [-0.2, -0.15) is 13.2 Å². The number of ether oxygens (including phenoxy) is 1. The summed E-state index contributed by atoms with van der Waals surface area (Å²) >= 11 is 0. The van der Waals surface area contributed by atoms with Crippen LogP contribution in [-0.2, 0) is 26.9 Å². The molecule has 5 atom stereocenters. The van der Waals surface area contributed by atoms with E-state index in [-0.39, 0.29) is 18.6 Å². The first-order chi connectivity index (χ1) is 20.1. The maximum Gasteiger partial charge on any atom is 0.417 e. The first-order valence-electron chi connectivity index (χ1n) is 14.0. The number of nitrogens with zero attached hydrogens (tertiary/aromatic N) is 2. The van der Waals surface area contributed by atoms with Crippen molar-refractivity contribution in [2.75, 3.05) is 40.4 Å². The number of carbonyl (C=O) groups excluding carboxylic acids is 3. The third-order valence-electron chi connectivity index (χ3n) is 9.15. The van der Waals surface area contributed by atoms with E-state index in [1.54, 1.807) is 0 Å². The number of allylic oxidation sites excluding steroid dienone is 1. The number of phenols is 1. The molecule has 234 valence electrons. The molecule has 0 saturated carbocycles. The molecule has 11 nitrogen and oxygen atoms in total. The first-order valence-corrected chi connectivity index (χ1v) is 14.0. The van der Waals surface area contributed by atoms with Gasteiger partial charge in [0.2, 0.25) is 5.78 Å². The molecule has 3 aliphatic carbocycles. The van der Waals surface area contributed by atoms with Gasteiger partial charge in [0, 0.05) is 18.0 Å². The summed E-state index contributed by atoms with van der Waals surface area (Å²) in [4.78, 5) is 42.6. The Morgan fingerprint density at radius 3 is 2.49 bits per heavy atom. The minimum Gasteiger partial charge on any atom is -0.510 e. The highest BCUT2D eigenvalue weighted by Gasteiger charge is 2.63. The maximum atomic E-state index is 14.9. The van der Waals surface area contributed by atoms with E-state index in [1.807, 2.05) is 11.8 Å². The van der Waals surface area contributed by atoms with E-state index in [4.69, 9.17) is 10.5 Å². The van der Waals surface area contributed by atoms with Crippen molar-refractivity contribution in [2.24, 2.45) is 17.6 Å². The van der Waals surface area contributed by atoms with Gasteiger partial charge in [0.15, 0.2) is 11.4 Å². The van der Waals surface area contributed by atoms with E-state index in [0.29, 0.717) is 26.1 Å². The number of hydrogen-bond acceptors (Lipinski definition) is 10. The van der Waals surface area contributed by atoms with Crippen LogP contribution in [-0.4, -0.2) is 99.7 Å². The fourth-order valence-electron chi connectivity index (χ4n) is 7.43. The van der Waals surface area contributed by atoms with Gasteiger partial charge < -0.3 is 30.9 Å². The number of Topliss-reactive ketones (excluding diaryl/α,β-unsaturated/α-hetero) is 2. The van der Waals surface area contributed by atoms with Crippen molar-refractivity contribution in [1.82, 2.24) is 9.80 Å². The Balaban J connectivity index is 1.73. The smallest absolute Gasteiger partial charge is 0.417 e. The molecule has 1 aliphatic heterocycles. The fraction of sp³-hybridized carbons (Fsp3) is 0.552. The summed E-state index contributed by atoms with van der Waals surface area (Å²) in [6, 6.07) is -1.20. The van der Waals surface area contributed by atoms with Crippen LogP contribution in [0.15, 0.2) is 28.7 Å². The van der Waals surface area contributed by atoms with Gasteiger partial charge in [0.1, 0.15) is 22.8 Å². The van der Waals surface area contributed by atoms with E-state index in [1.165, 1.54) is 19.0 Å². The molecular weight excluding hydrogens is 575 g/mol. The molecule has 5 rings (SSSR count). The molecule has 1 heterocycles. The Kier molecular flexibility index (Phi) is 7.65. The number of likely N-dealkylation sites (N-methyl/N-ethyl adjacent to an activating group) is 1. The third-order valence-corrected chi connectivity index (χ3v) is 9.15. The molecule has 0 spiro atoms. The number of halogens is 3. The number of phenolic OH excluding ortho intramolecular Hbond substituents is 1. The van der Waals surface area contributed by atoms with Crippen LogP contribution in [0.3, 0.4) is 0 Å². The minimum absolute atomic E-state index is 0.0554. The van der Waals surface area contributed by atoms with Crippen molar-refractivity contribution in [2.45, 2.75) is 50.0 Å². The number of primary amides is 1. The highest BCUT2D eigenvalue weighted by molar-refractivity contribution is 6.24. The van der Waals surface area contributed by atoms with Crippen molar-refractivity contribution in [3.8, 4) is 5.75 Å². The summed E-state index contributed by atoms with van der Waals surface area (Å²) in [5, 5.41) is 45.0. The zero-order chi connectivity index (χ0) is 31.8. The number of aliphatic hydroxyl groups is 3. The number of aromatic hydroxyl groups is 1. The van der Waals surface area contributed by atoms with Crippen molar-refractivity contribution in [1.29, 1.82) is 0 Å². The van der Waals surface area contributed by atoms with Crippen LogP contribution in [0.4, 0.5) is 13.2 Å². The lowest BCUT2D eigenvalue weighted by molar-refractivity contribution is -0.148. The van der Waals surface area contributed by atoms with Crippen molar-refractivity contribution < 1.29 is 52.7 Å². The van der Waals surface area contributed by atoms with Crippen molar-refractivity contribution >= 4 is 17.5 Å². The Morgan fingerprint density at radius 2 is 1.91 bits per heavy atom. The Bertz CT molecular complexity index is 1470. The van der Waals surface area contributed by atoms with Crippen LogP contribution in [0.1, 0.15) is 52.9 Å². The molecule has 1 fully saturated rings. The lowest BCUT2D eigenvalue weighted by Crippen LogP contribution is -2.63. The first kappa shape index (κ1) is 31.0. The number of alkyl halides is 3. The van der Waals surface area contributed by atoms with Crippen molar-refractivity contribution in [3.63, 3.8) is 0 Å². The molecule has 4 aliphatic rings. The number of morpholine rings is 1. The summed E-state index contributed by atoms with van der Waals surface area (Å²) in [6.07, 6.45) is -5.06. The second-order valence-electron chi connectivity index (χ2n) is 11.8. The summed E-state index contributed by atoms with van der Waals surface area (Å²) < 4.78 is 50.2. The van der Waals surface area contributed by atoms with Crippen LogP contribution in [0.25, 0.3) is 0 Å². The number of amides is 1. The van der Waals surface area contributed by atoms with Crippen LogP contribution < -0.4 is 5.73 Å². The number of aliphatic hydroxyl groups excluding tert-OH is 2. The van der Waals surface area contributed by atoms with Gasteiger partial charge in [0.25, 0.3) is 5.91 Å². The maximum absolute atomic E-state index is 14.9. The minimum atomic E-state index is -4.94. The van der Waals surface area contributed by atoms with Gasteiger partial charge in [-0.3, -0.25) is 24.2 Å². The lowest BCUT2D eigenvalue weighted by Gasteiger charge is -2.50. The Labute approximate surface area is 245 Å². The van der Waals surface area contributed by atoms with Crippen molar-refractivity contribution in [3.05, 3.63) is 51.0 Å². The summed E-state index contributed by atoms with van der Waals surface area (Å²) in [5.41, 5.74) is -1.51. The number of hydrogen-bond donors (Lipinski definition) is 5. The van der Waals surface area contributed by atoms with Gasteiger partial charge in [-0.25, -0.2) is 0 Å². The van der Waals surface area contributed by atoms with Gasteiger partial charge in [-0.1, -0.05) is 6.92 Å². The second-order valence-corrected chi connectivity index (χ2v) is 11.8. The van der Waals surface area contributed by atoms with Gasteiger partial charge in [0.05, 0.1) is 36.4 Å². The molecule has 1 unspecified atom stereocenters. The van der Waals surface area contributed by atoms with Gasteiger partial charge in [-0.05, 0) is 63.0 Å². The third kappa shape index (κ3) is 4.53. The van der Waals surface area contributed by atoms with Crippen LogP contribution in [0.5, 0.6) is 5.75 Å².